The maximum absolute atomic E-state index is 12.2. The summed E-state index contributed by atoms with van der Waals surface area (Å²) >= 11 is 0. The Morgan fingerprint density at radius 3 is 2.05 bits per heavy atom. The number of carbonyl (C=O) groups is 1. The first-order valence-corrected chi connectivity index (χ1v) is 6.10. The number of hydrogen-bond acceptors (Lipinski definition) is 5. The second-order valence-electron chi connectivity index (χ2n) is 4.42. The summed E-state index contributed by atoms with van der Waals surface area (Å²) in [6.07, 6.45) is 1.25. The second-order valence-corrected chi connectivity index (χ2v) is 4.42. The number of hydrogen-bond donors (Lipinski definition) is 4. The fraction of sp³-hybridized carbons (Fsp3) is 0. The summed E-state index contributed by atoms with van der Waals surface area (Å²) in [6.45, 7) is 7.09. The number of ketones is 1. The standard InChI is InChI=1S/C16H11NO5/c1-17-11(6-9-2-4-12(18)14(20)7-9)16(22)10-3-5-13(19)15(21)8-10/h2-8,18-21H/b11-6+. The van der Waals surface area contributed by atoms with Gasteiger partial charge in [-0.15, -0.1) is 0 Å². The van der Waals surface area contributed by atoms with E-state index in [4.69, 9.17) is 6.57 Å². The molecule has 6 nitrogen and oxygen atoms in total. The van der Waals surface area contributed by atoms with Crippen molar-refractivity contribution in [2.24, 2.45) is 0 Å². The van der Waals surface area contributed by atoms with Crippen molar-refractivity contribution in [2.45, 2.75) is 0 Å². The average Bonchev–Trinajstić information content (AvgIpc) is 2.50. The van der Waals surface area contributed by atoms with Gasteiger partial charge in [0.15, 0.2) is 28.8 Å². The van der Waals surface area contributed by atoms with E-state index in [0.717, 1.165) is 12.1 Å². The lowest BCUT2D eigenvalue weighted by atomic mass is 10.1. The average molecular weight is 297 g/mol. The maximum Gasteiger partial charge on any atom is 0.234 e. The van der Waals surface area contributed by atoms with Gasteiger partial charge in [-0.2, -0.15) is 0 Å². The molecule has 0 spiro atoms. The SMILES string of the molecule is [C-]#[N+]/C(=C/c1ccc(O)c(O)c1)C(=O)c1ccc(O)c(O)c1. The molecule has 0 saturated heterocycles. The van der Waals surface area contributed by atoms with E-state index in [0.29, 0.717) is 5.56 Å². The summed E-state index contributed by atoms with van der Waals surface area (Å²) < 4.78 is 0. The van der Waals surface area contributed by atoms with Gasteiger partial charge in [0, 0.05) is 5.56 Å². The molecule has 110 valence electrons. The Hall–Kier alpha value is -3.46. The second kappa shape index (κ2) is 5.89. The van der Waals surface area contributed by atoms with Crippen molar-refractivity contribution >= 4 is 11.9 Å². The van der Waals surface area contributed by atoms with Crippen LogP contribution < -0.4 is 0 Å². The Morgan fingerprint density at radius 1 is 0.909 bits per heavy atom. The number of carbonyl (C=O) groups excluding carboxylic acids is 1. The van der Waals surface area contributed by atoms with Gasteiger partial charge in [-0.3, -0.25) is 0 Å². The minimum absolute atomic E-state index is 0.0422. The number of Topliss-reactive ketones (excluding diaryl/α,β-unsaturated/α-hetero) is 1. The van der Waals surface area contributed by atoms with Gasteiger partial charge in [-0.1, -0.05) is 6.07 Å². The van der Waals surface area contributed by atoms with Gasteiger partial charge < -0.3 is 25.2 Å². The molecular weight excluding hydrogens is 286 g/mol. The summed E-state index contributed by atoms with van der Waals surface area (Å²) in [5.41, 5.74) is 0.161. The Balaban J connectivity index is 2.40. The molecular formula is C16H11NO5. The zero-order valence-corrected chi connectivity index (χ0v) is 11.2. The lowest BCUT2D eigenvalue weighted by Gasteiger charge is -2.03. The topological polar surface area (TPSA) is 102 Å². The molecule has 0 aromatic heterocycles. The van der Waals surface area contributed by atoms with Crippen LogP contribution in [0, 0.1) is 6.57 Å². The molecule has 0 heterocycles. The van der Waals surface area contributed by atoms with E-state index < -0.39 is 11.5 Å². The van der Waals surface area contributed by atoms with Crippen LogP contribution in [0.2, 0.25) is 0 Å². The van der Waals surface area contributed by atoms with E-state index in [1.807, 2.05) is 0 Å². The van der Waals surface area contributed by atoms with Crippen LogP contribution in [-0.4, -0.2) is 26.2 Å². The molecule has 0 bridgehead atoms. The van der Waals surface area contributed by atoms with E-state index in [2.05, 4.69) is 4.85 Å². The predicted octanol–water partition coefficient (Wildman–Crippen LogP) is 2.65. The molecule has 0 fully saturated rings. The third-order valence-corrected chi connectivity index (χ3v) is 2.89. The van der Waals surface area contributed by atoms with Crippen LogP contribution in [0.25, 0.3) is 10.9 Å². The van der Waals surface area contributed by atoms with Crippen molar-refractivity contribution in [1.82, 2.24) is 0 Å². The number of phenols is 4. The number of phenolic OH excluding ortho intramolecular Hbond substituents is 4. The van der Waals surface area contributed by atoms with Crippen LogP contribution in [0.15, 0.2) is 42.1 Å². The maximum atomic E-state index is 12.2. The van der Waals surface area contributed by atoms with Crippen LogP contribution in [-0.2, 0) is 0 Å². The van der Waals surface area contributed by atoms with Crippen molar-refractivity contribution in [1.29, 1.82) is 0 Å². The molecule has 6 heteroatoms. The zero-order chi connectivity index (χ0) is 16.3. The quantitative estimate of drug-likeness (QED) is 0.302. The lowest BCUT2D eigenvalue weighted by molar-refractivity contribution is 0.103. The van der Waals surface area contributed by atoms with Gasteiger partial charge in [0.25, 0.3) is 0 Å². The molecule has 0 aliphatic heterocycles. The molecule has 2 aromatic carbocycles. The zero-order valence-electron chi connectivity index (χ0n) is 11.2. The van der Waals surface area contributed by atoms with Crippen LogP contribution >= 0.6 is 0 Å². The Bertz CT molecular complexity index is 818. The molecule has 0 amide bonds. The highest BCUT2D eigenvalue weighted by atomic mass is 16.3. The highest BCUT2D eigenvalue weighted by Crippen LogP contribution is 2.28. The van der Waals surface area contributed by atoms with E-state index in [-0.39, 0.29) is 28.5 Å². The molecule has 0 atom stereocenters. The predicted molar refractivity (Wildman–Crippen MR) is 78.5 cm³/mol. The Labute approximate surface area is 125 Å². The van der Waals surface area contributed by atoms with Crippen molar-refractivity contribution in [3.63, 3.8) is 0 Å². The number of allylic oxidation sites excluding steroid dienone is 1. The first-order chi connectivity index (χ1) is 10.4. The van der Waals surface area contributed by atoms with E-state index >= 15 is 0 Å². The van der Waals surface area contributed by atoms with Crippen molar-refractivity contribution in [2.75, 3.05) is 0 Å². The van der Waals surface area contributed by atoms with Gasteiger partial charge in [-0.05, 0) is 42.0 Å². The Kier molecular flexibility index (Phi) is 4.00. The lowest BCUT2D eigenvalue weighted by Crippen LogP contribution is -2.00. The molecule has 0 radical (unpaired) electrons. The first-order valence-electron chi connectivity index (χ1n) is 6.10. The number of nitrogens with zero attached hydrogens (tertiary/aromatic N) is 1. The molecule has 0 aliphatic rings. The van der Waals surface area contributed by atoms with Gasteiger partial charge in [0.05, 0.1) is 6.57 Å². The van der Waals surface area contributed by atoms with E-state index in [9.17, 15) is 25.2 Å². The third-order valence-electron chi connectivity index (χ3n) is 2.89. The van der Waals surface area contributed by atoms with Gasteiger partial charge >= 0.3 is 0 Å². The minimum Gasteiger partial charge on any atom is -0.504 e. The van der Waals surface area contributed by atoms with E-state index in [1.54, 1.807) is 0 Å². The molecule has 2 rings (SSSR count). The van der Waals surface area contributed by atoms with Gasteiger partial charge in [0.2, 0.25) is 5.70 Å². The summed E-state index contributed by atoms with van der Waals surface area (Å²) in [5, 5.41) is 37.3. The van der Waals surface area contributed by atoms with E-state index in [1.165, 1.54) is 30.3 Å². The van der Waals surface area contributed by atoms with Crippen LogP contribution in [0.1, 0.15) is 15.9 Å². The van der Waals surface area contributed by atoms with Gasteiger partial charge in [0.1, 0.15) is 0 Å². The molecule has 4 N–H and O–H groups in total. The molecule has 0 aliphatic carbocycles. The van der Waals surface area contributed by atoms with Crippen molar-refractivity contribution < 1.29 is 25.2 Å². The minimum atomic E-state index is -0.641. The first kappa shape index (κ1) is 14.9. The van der Waals surface area contributed by atoms with Crippen LogP contribution in [0.3, 0.4) is 0 Å². The molecule has 2 aromatic rings. The monoisotopic (exact) mass is 297 g/mol. The van der Waals surface area contributed by atoms with Crippen LogP contribution in [0.4, 0.5) is 0 Å². The summed E-state index contributed by atoms with van der Waals surface area (Å²) in [7, 11) is 0. The highest BCUT2D eigenvalue weighted by Gasteiger charge is 2.15. The molecule has 0 unspecified atom stereocenters. The largest absolute Gasteiger partial charge is 0.504 e. The van der Waals surface area contributed by atoms with Crippen LogP contribution in [0.5, 0.6) is 23.0 Å². The highest BCUT2D eigenvalue weighted by molar-refractivity contribution is 6.12. The molecule has 22 heavy (non-hydrogen) atoms. The summed E-state index contributed by atoms with van der Waals surface area (Å²) in [6, 6.07) is 7.37. The number of benzene rings is 2. The number of aromatic hydroxyl groups is 4. The fourth-order valence-electron chi connectivity index (χ4n) is 1.75. The molecule has 0 saturated carbocycles. The Morgan fingerprint density at radius 2 is 1.50 bits per heavy atom. The summed E-state index contributed by atoms with van der Waals surface area (Å²) in [5.74, 6) is -2.15. The third kappa shape index (κ3) is 2.99. The van der Waals surface area contributed by atoms with Gasteiger partial charge in [-0.25, -0.2) is 4.85 Å². The number of rotatable bonds is 3. The normalized spacial score (nSPS) is 11.0. The smallest absolute Gasteiger partial charge is 0.234 e. The summed E-state index contributed by atoms with van der Waals surface area (Å²) in [4.78, 5) is 15.3. The van der Waals surface area contributed by atoms with Crippen molar-refractivity contribution in [3.05, 3.63) is 64.6 Å². The fourth-order valence-corrected chi connectivity index (χ4v) is 1.75. The van der Waals surface area contributed by atoms with Crippen molar-refractivity contribution in [3.8, 4) is 23.0 Å².